The van der Waals surface area contributed by atoms with E-state index in [1.54, 1.807) is 11.8 Å². The highest BCUT2D eigenvalue weighted by Gasteiger charge is 2.22. The molecule has 3 aromatic heterocycles. The second kappa shape index (κ2) is 8.43. The minimum Gasteiger partial charge on any atom is -0.381 e. The monoisotopic (exact) mass is 414 g/mol. The van der Waals surface area contributed by atoms with Crippen molar-refractivity contribution in [3.8, 4) is 33.6 Å². The fourth-order valence-corrected chi connectivity index (χ4v) is 4.27. The summed E-state index contributed by atoms with van der Waals surface area (Å²) in [6.45, 7) is 0. The van der Waals surface area contributed by atoms with E-state index >= 15 is 0 Å². The number of aromatic nitrogens is 6. The lowest BCUT2D eigenvalue weighted by Gasteiger charge is -2.27. The summed E-state index contributed by atoms with van der Waals surface area (Å²) in [5, 5.41) is 8.86. The molecule has 0 spiro atoms. The van der Waals surface area contributed by atoms with Gasteiger partial charge in [-0.25, -0.2) is 9.97 Å². The zero-order chi connectivity index (χ0) is 21.2. The third-order valence-electron chi connectivity index (χ3n) is 6.10. The summed E-state index contributed by atoms with van der Waals surface area (Å²) in [5.41, 5.74) is 5.18. The number of hydrogen-bond acceptors (Lipinski definition) is 5. The van der Waals surface area contributed by atoms with E-state index in [0.717, 1.165) is 53.5 Å². The summed E-state index contributed by atoms with van der Waals surface area (Å²) in [6, 6.07) is 8.67. The van der Waals surface area contributed by atoms with Crippen molar-refractivity contribution in [2.45, 2.75) is 37.8 Å². The molecule has 3 heterocycles. The Balaban J connectivity index is 1.33. The first kappa shape index (κ1) is 19.6. The SMILES string of the molecule is CO[C@H]1CC[C@@H](n2cc(-c3cnc(-c4cccc(-c5cnn(C)c5)c4)nc3)cn2)CC1. The Morgan fingerprint density at radius 2 is 1.52 bits per heavy atom. The van der Waals surface area contributed by atoms with Crippen LogP contribution in [0.3, 0.4) is 0 Å². The molecule has 31 heavy (non-hydrogen) atoms. The van der Waals surface area contributed by atoms with Gasteiger partial charge in [-0.2, -0.15) is 10.2 Å². The van der Waals surface area contributed by atoms with Crippen molar-refractivity contribution in [1.82, 2.24) is 29.5 Å². The van der Waals surface area contributed by atoms with Crippen LogP contribution in [0.5, 0.6) is 0 Å². The lowest BCUT2D eigenvalue weighted by Crippen LogP contribution is -2.22. The maximum Gasteiger partial charge on any atom is 0.159 e. The molecule has 1 aliphatic rings. The molecule has 7 nitrogen and oxygen atoms in total. The molecule has 1 saturated carbocycles. The van der Waals surface area contributed by atoms with Crippen LogP contribution in [0.15, 0.2) is 61.4 Å². The van der Waals surface area contributed by atoms with E-state index in [9.17, 15) is 0 Å². The lowest BCUT2D eigenvalue weighted by molar-refractivity contribution is 0.0568. The molecule has 1 fully saturated rings. The third-order valence-corrected chi connectivity index (χ3v) is 6.10. The Hall–Kier alpha value is -3.32. The summed E-state index contributed by atoms with van der Waals surface area (Å²) in [7, 11) is 3.72. The van der Waals surface area contributed by atoms with Crippen LogP contribution >= 0.6 is 0 Å². The summed E-state index contributed by atoms with van der Waals surface area (Å²) >= 11 is 0. The number of nitrogens with zero attached hydrogens (tertiary/aromatic N) is 6. The van der Waals surface area contributed by atoms with Crippen molar-refractivity contribution >= 4 is 0 Å². The zero-order valence-electron chi connectivity index (χ0n) is 17.8. The number of ether oxygens (including phenoxy) is 1. The Bertz CT molecular complexity index is 1150. The van der Waals surface area contributed by atoms with Gasteiger partial charge in [-0.1, -0.05) is 18.2 Å². The van der Waals surface area contributed by atoms with E-state index < -0.39 is 0 Å². The van der Waals surface area contributed by atoms with Gasteiger partial charge in [-0.15, -0.1) is 0 Å². The molecule has 7 heteroatoms. The van der Waals surface area contributed by atoms with Crippen molar-refractivity contribution in [1.29, 1.82) is 0 Å². The van der Waals surface area contributed by atoms with Crippen molar-refractivity contribution in [2.24, 2.45) is 7.05 Å². The molecular formula is C24H26N6O. The van der Waals surface area contributed by atoms with Crippen molar-refractivity contribution in [2.75, 3.05) is 7.11 Å². The molecule has 1 aliphatic carbocycles. The van der Waals surface area contributed by atoms with Crippen LogP contribution in [0.2, 0.25) is 0 Å². The molecule has 0 saturated heterocycles. The molecule has 1 aromatic carbocycles. The average Bonchev–Trinajstić information content (AvgIpc) is 3.49. The molecule has 158 valence electrons. The number of benzene rings is 1. The molecule has 4 aromatic rings. The fourth-order valence-electron chi connectivity index (χ4n) is 4.27. The Labute approximate surface area is 181 Å². The highest BCUT2D eigenvalue weighted by atomic mass is 16.5. The minimum atomic E-state index is 0.392. The van der Waals surface area contributed by atoms with Crippen molar-refractivity contribution in [3.05, 3.63) is 61.4 Å². The molecule has 0 N–H and O–H groups in total. The van der Waals surface area contributed by atoms with Gasteiger partial charge in [-0.05, 0) is 37.3 Å². The first-order chi connectivity index (χ1) is 15.2. The molecule has 0 unspecified atom stereocenters. The van der Waals surface area contributed by atoms with Crippen molar-refractivity contribution in [3.63, 3.8) is 0 Å². The van der Waals surface area contributed by atoms with E-state index in [4.69, 9.17) is 4.74 Å². The van der Waals surface area contributed by atoms with Crippen LogP contribution in [-0.4, -0.2) is 42.7 Å². The summed E-state index contributed by atoms with van der Waals surface area (Å²) in [4.78, 5) is 9.25. The first-order valence-corrected chi connectivity index (χ1v) is 10.7. The topological polar surface area (TPSA) is 70.7 Å². The van der Waals surface area contributed by atoms with Gasteiger partial charge >= 0.3 is 0 Å². The average molecular weight is 415 g/mol. The van der Waals surface area contributed by atoms with E-state index in [1.807, 2.05) is 50.2 Å². The van der Waals surface area contributed by atoms with Gasteiger partial charge in [0, 0.05) is 61.2 Å². The van der Waals surface area contributed by atoms with Gasteiger partial charge in [0.15, 0.2) is 5.82 Å². The maximum absolute atomic E-state index is 5.48. The first-order valence-electron chi connectivity index (χ1n) is 10.7. The summed E-state index contributed by atoms with van der Waals surface area (Å²) in [5.74, 6) is 0.708. The van der Waals surface area contributed by atoms with Crippen LogP contribution in [0.4, 0.5) is 0 Å². The third kappa shape index (κ3) is 4.14. The number of methoxy groups -OCH3 is 1. The van der Waals surface area contributed by atoms with E-state index in [0.29, 0.717) is 18.0 Å². The molecule has 5 rings (SSSR count). The fraction of sp³-hybridized carbons (Fsp3) is 0.333. The number of hydrogen-bond donors (Lipinski definition) is 0. The van der Waals surface area contributed by atoms with Crippen molar-refractivity contribution < 1.29 is 4.74 Å². The smallest absolute Gasteiger partial charge is 0.159 e. The molecule has 0 bridgehead atoms. The highest BCUT2D eigenvalue weighted by Crippen LogP contribution is 2.31. The van der Waals surface area contributed by atoms with Crippen LogP contribution in [0, 0.1) is 0 Å². The molecule has 0 atom stereocenters. The maximum atomic E-state index is 5.48. The van der Waals surface area contributed by atoms with Gasteiger partial charge in [0.1, 0.15) is 0 Å². The Kier molecular flexibility index (Phi) is 5.34. The normalized spacial score (nSPS) is 18.9. The van der Waals surface area contributed by atoms with Crippen LogP contribution in [0.1, 0.15) is 31.7 Å². The molecule has 0 aliphatic heterocycles. The summed E-state index contributed by atoms with van der Waals surface area (Å²) < 4.78 is 9.37. The standard InChI is InChI=1S/C24H26N6O/c1-29-15-20(13-27-29)17-4-3-5-18(10-17)24-25-11-19(12-26-24)21-14-28-30(16-21)22-6-8-23(31-2)9-7-22/h3-5,10-16,22-23H,6-9H2,1-2H3/t22-,23+. The molecule has 0 amide bonds. The van der Waals surface area contributed by atoms with E-state index in [1.165, 1.54) is 0 Å². The van der Waals surface area contributed by atoms with Crippen LogP contribution < -0.4 is 0 Å². The number of aryl methyl sites for hydroxylation is 1. The Morgan fingerprint density at radius 1 is 0.806 bits per heavy atom. The zero-order valence-corrected chi connectivity index (χ0v) is 17.8. The van der Waals surface area contributed by atoms with E-state index in [2.05, 4.69) is 43.2 Å². The quantitative estimate of drug-likeness (QED) is 0.480. The second-order valence-corrected chi connectivity index (χ2v) is 8.15. The molecular weight excluding hydrogens is 388 g/mol. The molecule has 0 radical (unpaired) electrons. The van der Waals surface area contributed by atoms with E-state index in [-0.39, 0.29) is 0 Å². The Morgan fingerprint density at radius 3 is 2.23 bits per heavy atom. The second-order valence-electron chi connectivity index (χ2n) is 8.15. The van der Waals surface area contributed by atoms with Gasteiger partial charge in [0.05, 0.1) is 24.5 Å². The van der Waals surface area contributed by atoms with Crippen LogP contribution in [-0.2, 0) is 11.8 Å². The van der Waals surface area contributed by atoms with Gasteiger partial charge < -0.3 is 4.74 Å². The predicted octanol–water partition coefficient (Wildman–Crippen LogP) is 4.54. The largest absolute Gasteiger partial charge is 0.381 e. The number of rotatable bonds is 5. The van der Waals surface area contributed by atoms with Gasteiger partial charge in [0.2, 0.25) is 0 Å². The van der Waals surface area contributed by atoms with Gasteiger partial charge in [-0.3, -0.25) is 9.36 Å². The van der Waals surface area contributed by atoms with Gasteiger partial charge in [0.25, 0.3) is 0 Å². The summed E-state index contributed by atoms with van der Waals surface area (Å²) in [6.07, 6.45) is 16.4. The minimum absolute atomic E-state index is 0.392. The highest BCUT2D eigenvalue weighted by molar-refractivity contribution is 5.70. The lowest BCUT2D eigenvalue weighted by atomic mass is 9.93. The predicted molar refractivity (Wildman–Crippen MR) is 119 cm³/mol. The van der Waals surface area contributed by atoms with Crippen LogP contribution in [0.25, 0.3) is 33.6 Å².